The Hall–Kier alpha value is -2.78. The number of halogens is 1. The molecule has 2 aromatic carbocycles. The molecule has 0 aliphatic carbocycles. The second kappa shape index (κ2) is 10.0. The normalized spacial score (nSPS) is 12.1. The fraction of sp³-hybridized carbons (Fsp3) is 0.333. The molecule has 0 radical (unpaired) electrons. The fourth-order valence-electron chi connectivity index (χ4n) is 3.04. The number of amides is 1. The van der Waals surface area contributed by atoms with E-state index in [0.29, 0.717) is 22.6 Å². The van der Waals surface area contributed by atoms with Crippen molar-refractivity contribution in [1.82, 2.24) is 0 Å². The van der Waals surface area contributed by atoms with E-state index >= 15 is 0 Å². The van der Waals surface area contributed by atoms with Gasteiger partial charge in [0.2, 0.25) is 15.9 Å². The first-order chi connectivity index (χ1) is 14.5. The predicted octanol–water partition coefficient (Wildman–Crippen LogP) is 3.63. The number of esters is 1. The Bertz CT molecular complexity index is 1090. The molecule has 0 bridgehead atoms. The SMILES string of the molecule is CCOC(=O)c1cccc(NC(=O)[C@@H](C)N(c2ccc(OC)c(Cl)c2)S(C)(=O)=O)c1C. The lowest BCUT2D eigenvalue weighted by molar-refractivity contribution is -0.116. The monoisotopic (exact) mass is 468 g/mol. The summed E-state index contributed by atoms with van der Waals surface area (Å²) < 4.78 is 36.1. The van der Waals surface area contributed by atoms with Gasteiger partial charge in [-0.1, -0.05) is 17.7 Å². The standard InChI is InChI=1S/C21H25ClN2O6S/c1-6-30-21(26)16-8-7-9-18(13(16)2)23-20(25)14(3)24(31(5,27)28)15-10-11-19(29-4)17(22)12-15/h7-12,14H,6H2,1-5H3,(H,23,25)/t14-/m1/s1. The molecule has 0 aliphatic heterocycles. The summed E-state index contributed by atoms with van der Waals surface area (Å²) in [5, 5.41) is 2.90. The van der Waals surface area contributed by atoms with Crippen molar-refractivity contribution in [3.8, 4) is 5.75 Å². The first-order valence-corrected chi connectivity index (χ1v) is 11.6. The van der Waals surface area contributed by atoms with E-state index < -0.39 is 27.9 Å². The van der Waals surface area contributed by atoms with E-state index in [9.17, 15) is 18.0 Å². The van der Waals surface area contributed by atoms with Gasteiger partial charge in [0.05, 0.1) is 36.2 Å². The second-order valence-electron chi connectivity index (χ2n) is 6.74. The van der Waals surface area contributed by atoms with Crippen LogP contribution in [-0.4, -0.2) is 46.3 Å². The zero-order chi connectivity index (χ0) is 23.3. The number of benzene rings is 2. The van der Waals surface area contributed by atoms with Crippen molar-refractivity contribution < 1.29 is 27.5 Å². The maximum absolute atomic E-state index is 12.9. The minimum atomic E-state index is -3.83. The summed E-state index contributed by atoms with van der Waals surface area (Å²) in [6, 6.07) is 8.15. The number of rotatable bonds is 8. The molecule has 1 N–H and O–H groups in total. The summed E-state index contributed by atoms with van der Waals surface area (Å²) in [6.07, 6.45) is 1.00. The van der Waals surface area contributed by atoms with Crippen LogP contribution >= 0.6 is 11.6 Å². The van der Waals surface area contributed by atoms with Gasteiger partial charge in [-0.05, 0) is 56.7 Å². The van der Waals surface area contributed by atoms with Crippen LogP contribution in [-0.2, 0) is 19.6 Å². The summed E-state index contributed by atoms with van der Waals surface area (Å²) in [4.78, 5) is 25.1. The average molecular weight is 469 g/mol. The van der Waals surface area contributed by atoms with Gasteiger partial charge in [0.1, 0.15) is 11.8 Å². The maximum Gasteiger partial charge on any atom is 0.338 e. The van der Waals surface area contributed by atoms with Crippen LogP contribution in [0.5, 0.6) is 5.75 Å². The topological polar surface area (TPSA) is 102 Å². The fourth-order valence-corrected chi connectivity index (χ4v) is 4.46. The molecule has 2 rings (SSSR count). The number of carbonyl (C=O) groups excluding carboxylic acids is 2. The Labute approximate surface area is 187 Å². The molecular formula is C21H25ClN2O6S. The molecule has 168 valence electrons. The molecule has 10 heteroatoms. The number of sulfonamides is 1. The third-order valence-electron chi connectivity index (χ3n) is 4.57. The van der Waals surface area contributed by atoms with Gasteiger partial charge in [0, 0.05) is 5.69 Å². The highest BCUT2D eigenvalue weighted by Gasteiger charge is 2.30. The lowest BCUT2D eigenvalue weighted by atomic mass is 10.1. The number of nitrogens with one attached hydrogen (secondary N) is 1. The number of anilines is 2. The van der Waals surface area contributed by atoms with E-state index in [-0.39, 0.29) is 17.3 Å². The van der Waals surface area contributed by atoms with Crippen molar-refractivity contribution in [2.24, 2.45) is 0 Å². The van der Waals surface area contributed by atoms with E-state index in [0.717, 1.165) is 10.6 Å². The molecule has 0 saturated carbocycles. The highest BCUT2D eigenvalue weighted by atomic mass is 35.5. The summed E-state index contributed by atoms with van der Waals surface area (Å²) in [5.41, 5.74) is 1.42. The van der Waals surface area contributed by atoms with Gasteiger partial charge in [-0.3, -0.25) is 9.10 Å². The third kappa shape index (κ3) is 5.68. The van der Waals surface area contributed by atoms with Crippen LogP contribution in [0.4, 0.5) is 11.4 Å². The first kappa shape index (κ1) is 24.5. The van der Waals surface area contributed by atoms with Gasteiger partial charge in [0.25, 0.3) is 0 Å². The van der Waals surface area contributed by atoms with E-state index in [1.54, 1.807) is 32.0 Å². The number of nitrogens with zero attached hydrogens (tertiary/aromatic N) is 1. The Morgan fingerprint density at radius 3 is 2.45 bits per heavy atom. The van der Waals surface area contributed by atoms with Gasteiger partial charge < -0.3 is 14.8 Å². The van der Waals surface area contributed by atoms with Crippen LogP contribution in [0.1, 0.15) is 29.8 Å². The average Bonchev–Trinajstić information content (AvgIpc) is 2.68. The zero-order valence-electron chi connectivity index (χ0n) is 17.9. The van der Waals surface area contributed by atoms with Crippen molar-refractivity contribution >= 4 is 44.9 Å². The molecule has 1 atom stereocenters. The Kier molecular flexibility index (Phi) is 7.91. The quantitative estimate of drug-likeness (QED) is 0.593. The van der Waals surface area contributed by atoms with Crippen LogP contribution in [0.15, 0.2) is 36.4 Å². The maximum atomic E-state index is 12.9. The van der Waals surface area contributed by atoms with Crippen LogP contribution in [0, 0.1) is 6.92 Å². The molecule has 8 nitrogen and oxygen atoms in total. The van der Waals surface area contributed by atoms with E-state index in [1.165, 1.54) is 32.2 Å². The van der Waals surface area contributed by atoms with Gasteiger partial charge in [-0.2, -0.15) is 0 Å². The van der Waals surface area contributed by atoms with E-state index in [1.807, 2.05) is 0 Å². The van der Waals surface area contributed by atoms with Gasteiger partial charge >= 0.3 is 5.97 Å². The molecule has 0 aliphatic rings. The second-order valence-corrected chi connectivity index (χ2v) is 9.01. The van der Waals surface area contributed by atoms with Crippen LogP contribution in [0.25, 0.3) is 0 Å². The van der Waals surface area contributed by atoms with Gasteiger partial charge in [-0.25, -0.2) is 13.2 Å². The van der Waals surface area contributed by atoms with Gasteiger partial charge in [-0.15, -0.1) is 0 Å². The highest BCUT2D eigenvalue weighted by molar-refractivity contribution is 7.92. The van der Waals surface area contributed by atoms with E-state index in [4.69, 9.17) is 21.1 Å². The molecule has 0 saturated heterocycles. The molecule has 31 heavy (non-hydrogen) atoms. The lowest BCUT2D eigenvalue weighted by Crippen LogP contribution is -2.45. The summed E-state index contributed by atoms with van der Waals surface area (Å²) in [7, 11) is -2.39. The third-order valence-corrected chi connectivity index (χ3v) is 6.10. The Morgan fingerprint density at radius 2 is 1.90 bits per heavy atom. The van der Waals surface area contributed by atoms with Crippen molar-refractivity contribution in [2.45, 2.75) is 26.8 Å². The number of hydrogen-bond donors (Lipinski definition) is 1. The molecular weight excluding hydrogens is 444 g/mol. The summed E-state index contributed by atoms with van der Waals surface area (Å²) in [6.45, 7) is 5.05. The van der Waals surface area contributed by atoms with Crippen LogP contribution < -0.4 is 14.4 Å². The number of methoxy groups -OCH3 is 1. The Morgan fingerprint density at radius 1 is 1.23 bits per heavy atom. The number of carbonyl (C=O) groups is 2. The first-order valence-electron chi connectivity index (χ1n) is 9.41. The molecule has 0 heterocycles. The molecule has 0 unspecified atom stereocenters. The minimum Gasteiger partial charge on any atom is -0.495 e. The van der Waals surface area contributed by atoms with E-state index in [2.05, 4.69) is 5.32 Å². The molecule has 0 fully saturated rings. The number of hydrogen-bond acceptors (Lipinski definition) is 6. The van der Waals surface area contributed by atoms with Crippen molar-refractivity contribution in [3.05, 3.63) is 52.5 Å². The van der Waals surface area contributed by atoms with Gasteiger partial charge in [0.15, 0.2) is 0 Å². The summed E-state index contributed by atoms with van der Waals surface area (Å²) in [5.74, 6) is -0.710. The van der Waals surface area contributed by atoms with Crippen LogP contribution in [0.3, 0.4) is 0 Å². The Balaban J connectivity index is 2.36. The molecule has 0 aromatic heterocycles. The summed E-state index contributed by atoms with van der Waals surface area (Å²) >= 11 is 6.14. The lowest BCUT2D eigenvalue weighted by Gasteiger charge is -2.28. The number of ether oxygens (including phenoxy) is 2. The zero-order valence-corrected chi connectivity index (χ0v) is 19.5. The van der Waals surface area contributed by atoms with Crippen molar-refractivity contribution in [2.75, 3.05) is 29.6 Å². The minimum absolute atomic E-state index is 0.208. The highest BCUT2D eigenvalue weighted by Crippen LogP contribution is 2.31. The smallest absolute Gasteiger partial charge is 0.338 e. The molecule has 0 spiro atoms. The molecule has 2 aromatic rings. The van der Waals surface area contributed by atoms with Crippen molar-refractivity contribution in [3.63, 3.8) is 0 Å². The van der Waals surface area contributed by atoms with Crippen LogP contribution in [0.2, 0.25) is 5.02 Å². The largest absolute Gasteiger partial charge is 0.495 e. The molecule has 1 amide bonds. The predicted molar refractivity (Wildman–Crippen MR) is 121 cm³/mol. The van der Waals surface area contributed by atoms with Crippen molar-refractivity contribution in [1.29, 1.82) is 0 Å².